The molecule has 6 heteroatoms. The van der Waals surface area contributed by atoms with Crippen LogP contribution in [0.3, 0.4) is 0 Å². The van der Waals surface area contributed by atoms with Crippen molar-refractivity contribution < 1.29 is 18.3 Å². The minimum atomic E-state index is -3.27. The van der Waals surface area contributed by atoms with Crippen LogP contribution in [0.5, 0.6) is 0 Å². The summed E-state index contributed by atoms with van der Waals surface area (Å²) in [6.07, 6.45) is 3.57. The summed E-state index contributed by atoms with van der Waals surface area (Å²) in [5, 5.41) is 11.4. The molecule has 0 aliphatic heterocycles. The Labute approximate surface area is 125 Å². The maximum absolute atomic E-state index is 11.8. The van der Waals surface area contributed by atoms with Gasteiger partial charge in [0.05, 0.1) is 10.6 Å². The van der Waals surface area contributed by atoms with Crippen LogP contribution in [-0.2, 0) is 9.84 Å². The molecule has 0 radical (unpaired) electrons. The molecule has 1 aromatic carbocycles. The lowest BCUT2D eigenvalue weighted by atomic mass is 9.94. The summed E-state index contributed by atoms with van der Waals surface area (Å²) in [6, 6.07) is 5.96. The van der Waals surface area contributed by atoms with Gasteiger partial charge < -0.3 is 14.8 Å². The predicted octanol–water partition coefficient (Wildman–Crippen LogP) is 1.96. The van der Waals surface area contributed by atoms with Gasteiger partial charge >= 0.3 is 0 Å². The van der Waals surface area contributed by atoms with E-state index in [1.165, 1.54) is 17.0 Å². The van der Waals surface area contributed by atoms with Crippen molar-refractivity contribution in [2.24, 2.45) is 0 Å². The highest BCUT2D eigenvalue weighted by atomic mass is 32.2. The van der Waals surface area contributed by atoms with Crippen LogP contribution < -0.4 is 10.0 Å². The Morgan fingerprint density at radius 3 is 2.24 bits per heavy atom. The first-order valence-electron chi connectivity index (χ1n) is 7.28. The SMILES string of the molecule is CCS(=O)(=O)c1ccc(N(C(=O)[O-])C2CCCCC2)cc1. The molecule has 0 atom stereocenters. The summed E-state index contributed by atoms with van der Waals surface area (Å²) in [6.45, 7) is 1.58. The Bertz CT molecular complexity index is 589. The maximum atomic E-state index is 11.8. The van der Waals surface area contributed by atoms with E-state index >= 15 is 0 Å². The summed E-state index contributed by atoms with van der Waals surface area (Å²) in [5.41, 5.74) is 0.483. The molecule has 5 nitrogen and oxygen atoms in total. The molecule has 1 aromatic rings. The molecule has 1 amide bonds. The number of rotatable bonds is 4. The van der Waals surface area contributed by atoms with E-state index in [4.69, 9.17) is 0 Å². The quantitative estimate of drug-likeness (QED) is 0.851. The Hall–Kier alpha value is -1.56. The molecule has 0 saturated heterocycles. The Kier molecular flexibility index (Phi) is 4.88. The van der Waals surface area contributed by atoms with E-state index in [9.17, 15) is 18.3 Å². The van der Waals surface area contributed by atoms with E-state index in [-0.39, 0.29) is 16.7 Å². The van der Waals surface area contributed by atoms with E-state index in [1.807, 2.05) is 0 Å². The number of nitrogens with zero attached hydrogens (tertiary/aromatic N) is 1. The minimum absolute atomic E-state index is 0.0270. The maximum Gasteiger partial charge on any atom is 0.178 e. The molecule has 0 aromatic heterocycles. The molecule has 0 bridgehead atoms. The standard InChI is InChI=1S/C15H21NO4S/c1-2-21(19,20)14-10-8-13(9-11-14)16(15(17)18)12-6-4-3-5-7-12/h8-12H,2-7H2,1H3,(H,17,18)/p-1. The average molecular weight is 310 g/mol. The molecule has 1 aliphatic carbocycles. The molecule has 0 unspecified atom stereocenters. The van der Waals surface area contributed by atoms with Gasteiger partial charge in [0.1, 0.15) is 6.09 Å². The second-order valence-electron chi connectivity index (χ2n) is 5.33. The first kappa shape index (κ1) is 15.8. The third kappa shape index (κ3) is 3.56. The van der Waals surface area contributed by atoms with Crippen molar-refractivity contribution in [2.45, 2.75) is 50.0 Å². The van der Waals surface area contributed by atoms with E-state index in [2.05, 4.69) is 0 Å². The normalized spacial score (nSPS) is 16.6. The van der Waals surface area contributed by atoms with Gasteiger partial charge in [0.2, 0.25) is 0 Å². The van der Waals surface area contributed by atoms with Gasteiger partial charge in [-0.2, -0.15) is 0 Å². The summed E-state index contributed by atoms with van der Waals surface area (Å²) in [4.78, 5) is 12.9. The van der Waals surface area contributed by atoms with Gasteiger partial charge in [-0.15, -0.1) is 0 Å². The lowest BCUT2D eigenvalue weighted by molar-refractivity contribution is -0.247. The topological polar surface area (TPSA) is 77.5 Å². The number of sulfone groups is 1. The smallest absolute Gasteiger partial charge is 0.178 e. The van der Waals surface area contributed by atoms with E-state index in [0.717, 1.165) is 32.1 Å². The van der Waals surface area contributed by atoms with Gasteiger partial charge in [-0.25, -0.2) is 8.42 Å². The Morgan fingerprint density at radius 2 is 1.76 bits per heavy atom. The zero-order chi connectivity index (χ0) is 15.5. The van der Waals surface area contributed by atoms with Crippen LogP contribution in [0.25, 0.3) is 0 Å². The lowest BCUT2D eigenvalue weighted by Crippen LogP contribution is -2.48. The average Bonchev–Trinajstić information content (AvgIpc) is 2.49. The number of carboxylic acid groups (broad SMARTS) is 1. The highest BCUT2D eigenvalue weighted by molar-refractivity contribution is 7.91. The summed E-state index contributed by atoms with van der Waals surface area (Å²) >= 11 is 0. The summed E-state index contributed by atoms with van der Waals surface area (Å²) in [7, 11) is -3.27. The highest BCUT2D eigenvalue weighted by Crippen LogP contribution is 2.28. The van der Waals surface area contributed by atoms with E-state index in [0.29, 0.717) is 5.69 Å². The van der Waals surface area contributed by atoms with Crippen molar-refractivity contribution in [3.05, 3.63) is 24.3 Å². The monoisotopic (exact) mass is 310 g/mol. The van der Waals surface area contributed by atoms with Crippen LogP contribution in [-0.4, -0.2) is 26.3 Å². The molecule has 0 spiro atoms. The van der Waals surface area contributed by atoms with Crippen molar-refractivity contribution in [2.75, 3.05) is 10.7 Å². The van der Waals surface area contributed by atoms with Gasteiger partial charge in [0.25, 0.3) is 0 Å². The second-order valence-corrected chi connectivity index (χ2v) is 7.60. The van der Waals surface area contributed by atoms with Crippen LogP contribution >= 0.6 is 0 Å². The molecule has 0 heterocycles. The van der Waals surface area contributed by atoms with Gasteiger partial charge in [0, 0.05) is 11.7 Å². The first-order valence-corrected chi connectivity index (χ1v) is 8.94. The fourth-order valence-electron chi connectivity index (χ4n) is 2.79. The van der Waals surface area contributed by atoms with Crippen LogP contribution in [0.15, 0.2) is 29.2 Å². The zero-order valence-corrected chi connectivity index (χ0v) is 12.9. The molecular formula is C15H20NO4S-. The van der Waals surface area contributed by atoms with E-state index < -0.39 is 15.9 Å². The van der Waals surface area contributed by atoms with Crippen molar-refractivity contribution in [1.29, 1.82) is 0 Å². The summed E-state index contributed by atoms with van der Waals surface area (Å²) in [5.74, 6) is 0.0270. The fraction of sp³-hybridized carbons (Fsp3) is 0.533. The third-order valence-corrected chi connectivity index (χ3v) is 5.74. The van der Waals surface area contributed by atoms with Crippen molar-refractivity contribution in [3.63, 3.8) is 0 Å². The van der Waals surface area contributed by atoms with Crippen LogP contribution in [0.4, 0.5) is 10.5 Å². The molecule has 1 saturated carbocycles. The predicted molar refractivity (Wildman–Crippen MR) is 78.9 cm³/mol. The second kappa shape index (κ2) is 6.47. The molecule has 1 aliphatic rings. The van der Waals surface area contributed by atoms with E-state index in [1.54, 1.807) is 19.1 Å². The van der Waals surface area contributed by atoms with Crippen LogP contribution in [0.1, 0.15) is 39.0 Å². The molecular weight excluding hydrogens is 290 g/mol. The minimum Gasteiger partial charge on any atom is -0.530 e. The third-order valence-electron chi connectivity index (χ3n) is 3.99. The van der Waals surface area contributed by atoms with Crippen molar-refractivity contribution >= 4 is 21.6 Å². The lowest BCUT2D eigenvalue weighted by Gasteiger charge is -2.36. The highest BCUT2D eigenvalue weighted by Gasteiger charge is 2.23. The van der Waals surface area contributed by atoms with Crippen molar-refractivity contribution in [1.82, 2.24) is 0 Å². The molecule has 2 rings (SSSR count). The number of hydrogen-bond acceptors (Lipinski definition) is 4. The summed E-state index contributed by atoms with van der Waals surface area (Å²) < 4.78 is 23.6. The molecule has 0 N–H and O–H groups in total. The fourth-order valence-corrected chi connectivity index (χ4v) is 3.67. The number of amides is 1. The van der Waals surface area contributed by atoms with Crippen molar-refractivity contribution in [3.8, 4) is 0 Å². The molecule has 1 fully saturated rings. The number of hydrogen-bond donors (Lipinski definition) is 0. The molecule has 21 heavy (non-hydrogen) atoms. The number of carbonyl (C=O) groups excluding carboxylic acids is 1. The largest absolute Gasteiger partial charge is 0.530 e. The van der Waals surface area contributed by atoms with Gasteiger partial charge in [-0.1, -0.05) is 26.2 Å². The first-order chi connectivity index (χ1) is 9.95. The Balaban J connectivity index is 2.27. The van der Waals surface area contributed by atoms with Gasteiger partial charge in [0.15, 0.2) is 9.84 Å². The zero-order valence-electron chi connectivity index (χ0n) is 12.1. The Morgan fingerprint density at radius 1 is 1.19 bits per heavy atom. The molecule has 116 valence electrons. The number of carbonyl (C=O) groups is 1. The number of benzene rings is 1. The van der Waals surface area contributed by atoms with Crippen LogP contribution in [0, 0.1) is 0 Å². The van der Waals surface area contributed by atoms with Gasteiger partial charge in [-0.3, -0.25) is 0 Å². The van der Waals surface area contributed by atoms with Gasteiger partial charge in [-0.05, 0) is 37.1 Å². The van der Waals surface area contributed by atoms with Crippen LogP contribution in [0.2, 0.25) is 0 Å². The number of anilines is 1.